The lowest BCUT2D eigenvalue weighted by Gasteiger charge is -2.48. The zero-order chi connectivity index (χ0) is 25.0. The predicted octanol–water partition coefficient (Wildman–Crippen LogP) is 7.22. The molecule has 1 aromatic heterocycles. The first-order valence-corrected chi connectivity index (χ1v) is 11.9. The summed E-state index contributed by atoms with van der Waals surface area (Å²) in [6, 6.07) is 13.3. The number of aromatic nitrogens is 1. The molecule has 0 radical (unpaired) electrons. The minimum atomic E-state index is -1.46. The van der Waals surface area contributed by atoms with Gasteiger partial charge in [0.25, 0.3) is 0 Å². The molecule has 2 aliphatic carbocycles. The van der Waals surface area contributed by atoms with Crippen LogP contribution in [0.4, 0.5) is 0 Å². The molecule has 166 valence electrons. The Morgan fingerprint density at radius 1 is 0.969 bits per heavy atom. The molecule has 1 heterocycles. The van der Waals surface area contributed by atoms with Gasteiger partial charge in [0.05, 0.1) is 5.56 Å². The van der Waals surface area contributed by atoms with Crippen LogP contribution in [0.1, 0.15) is 84.6 Å². The van der Waals surface area contributed by atoms with Crippen LogP contribution < -0.4 is 4.57 Å². The van der Waals surface area contributed by atoms with E-state index in [2.05, 4.69) is 82.8 Å². The lowest BCUT2D eigenvalue weighted by molar-refractivity contribution is -0.661. The van der Waals surface area contributed by atoms with E-state index in [0.29, 0.717) is 0 Å². The second-order valence-electron chi connectivity index (χ2n) is 12.0. The van der Waals surface area contributed by atoms with Crippen LogP contribution in [0.15, 0.2) is 42.6 Å². The van der Waals surface area contributed by atoms with E-state index < -0.39 is 11.8 Å². The van der Waals surface area contributed by atoms with Crippen molar-refractivity contribution in [1.82, 2.24) is 0 Å². The monoisotopic (exact) mass is 426 g/mol. The van der Waals surface area contributed by atoms with Gasteiger partial charge in [-0.1, -0.05) is 78.8 Å². The Kier molecular flexibility index (Phi) is 3.92. The molecule has 0 fully saturated rings. The number of pyridine rings is 1. The Hall–Kier alpha value is -2.41. The first-order valence-electron chi connectivity index (χ1n) is 12.9. The second-order valence-corrected chi connectivity index (χ2v) is 12.0. The molecular weight excluding hydrogens is 386 g/mol. The molecule has 0 aliphatic heterocycles. The normalized spacial score (nSPS) is 18.8. The van der Waals surface area contributed by atoms with Crippen molar-refractivity contribution in [2.45, 2.75) is 79.0 Å². The molecule has 0 saturated heterocycles. The molecule has 0 amide bonds. The third-order valence-corrected chi connectivity index (χ3v) is 8.26. The molecule has 0 bridgehead atoms. The van der Waals surface area contributed by atoms with Crippen LogP contribution in [0.5, 0.6) is 0 Å². The van der Waals surface area contributed by atoms with Gasteiger partial charge in [-0.2, -0.15) is 0 Å². The third kappa shape index (κ3) is 2.79. The van der Waals surface area contributed by atoms with Gasteiger partial charge < -0.3 is 0 Å². The fraction of sp³-hybridized carbons (Fsp3) is 0.452. The Balaban J connectivity index is 1.95. The van der Waals surface area contributed by atoms with Gasteiger partial charge in [-0.25, -0.2) is 4.57 Å². The molecule has 0 spiro atoms. The van der Waals surface area contributed by atoms with Gasteiger partial charge in [-0.05, 0) is 69.5 Å². The van der Waals surface area contributed by atoms with E-state index in [0.717, 1.165) is 17.5 Å². The zero-order valence-corrected chi connectivity index (χ0v) is 21.2. The minimum Gasteiger partial charge on any atom is -0.201 e. The lowest BCUT2D eigenvalue weighted by atomic mass is 9.54. The van der Waals surface area contributed by atoms with Crippen LogP contribution in [-0.2, 0) is 30.7 Å². The van der Waals surface area contributed by atoms with Crippen LogP contribution in [-0.4, -0.2) is 0 Å². The Morgan fingerprint density at radius 3 is 2.34 bits per heavy atom. The molecule has 0 atom stereocenters. The van der Waals surface area contributed by atoms with Crippen molar-refractivity contribution in [3.63, 3.8) is 0 Å². The maximum atomic E-state index is 9.25. The van der Waals surface area contributed by atoms with Gasteiger partial charge >= 0.3 is 0 Å². The number of fused-ring (bicyclic) bond motifs is 6. The van der Waals surface area contributed by atoms with Crippen molar-refractivity contribution in [3.8, 4) is 22.4 Å². The van der Waals surface area contributed by atoms with Gasteiger partial charge in [-0.3, -0.25) is 0 Å². The number of hydrogen-bond donors (Lipinski definition) is 0. The second kappa shape index (κ2) is 6.56. The van der Waals surface area contributed by atoms with Crippen molar-refractivity contribution >= 4 is 0 Å². The third-order valence-electron chi connectivity index (χ3n) is 8.26. The average Bonchev–Trinajstić information content (AvgIpc) is 3.10. The van der Waals surface area contributed by atoms with E-state index in [1.807, 2.05) is 26.8 Å². The fourth-order valence-electron chi connectivity index (χ4n) is 6.06. The smallest absolute Gasteiger partial charge is 0.201 e. The van der Waals surface area contributed by atoms with E-state index in [1.54, 1.807) is 0 Å². The summed E-state index contributed by atoms with van der Waals surface area (Å²) in [6.07, 6.45) is 1.59. The number of hydrogen-bond acceptors (Lipinski definition) is 0. The van der Waals surface area contributed by atoms with Crippen LogP contribution in [0.3, 0.4) is 0 Å². The maximum Gasteiger partial charge on any atom is 0.216 e. The highest BCUT2D eigenvalue weighted by molar-refractivity contribution is 5.88. The molecule has 2 aromatic carbocycles. The first kappa shape index (κ1) is 19.1. The van der Waals surface area contributed by atoms with E-state index in [4.69, 9.17) is 0 Å². The first-order chi connectivity index (χ1) is 15.6. The Morgan fingerprint density at radius 2 is 1.66 bits per heavy atom. The van der Waals surface area contributed by atoms with Gasteiger partial charge in [0.2, 0.25) is 5.69 Å². The molecular formula is C31H38N+. The molecule has 1 heteroatoms. The largest absolute Gasteiger partial charge is 0.216 e. The van der Waals surface area contributed by atoms with E-state index in [-0.39, 0.29) is 10.8 Å². The number of benzene rings is 2. The van der Waals surface area contributed by atoms with Crippen LogP contribution in [0.25, 0.3) is 22.4 Å². The summed E-state index contributed by atoms with van der Waals surface area (Å²) >= 11 is 0. The molecule has 5 rings (SSSR count). The number of rotatable bonds is 1. The fourth-order valence-corrected chi connectivity index (χ4v) is 6.06. The van der Waals surface area contributed by atoms with Crippen LogP contribution >= 0.6 is 0 Å². The zero-order valence-electron chi connectivity index (χ0n) is 23.2. The summed E-state index contributed by atoms with van der Waals surface area (Å²) in [7, 11) is 2.12. The summed E-state index contributed by atoms with van der Waals surface area (Å²) in [6.45, 7) is 17.6. The number of aryl methyl sites for hydroxylation is 1. The summed E-state index contributed by atoms with van der Waals surface area (Å²) in [4.78, 5) is 0. The highest BCUT2D eigenvalue weighted by Gasteiger charge is 2.51. The van der Waals surface area contributed by atoms with Crippen molar-refractivity contribution in [1.29, 1.82) is 0 Å². The minimum absolute atomic E-state index is 0.166. The highest BCUT2D eigenvalue weighted by atomic mass is 14.9. The van der Waals surface area contributed by atoms with Crippen LogP contribution in [0.2, 0.25) is 0 Å². The molecule has 0 saturated carbocycles. The standard InChI is InChI=1S/C31H38N/c1-19-25-22(16-20-12-10-11-13-23(20)25)17-24-26(19)28-27(31(7,8)30(24,5)6)21(14-15-32(28)9)18-29(2,3)4/h10-15,17H,16,18H2,1-9H3/q+1/i18D2. The van der Waals surface area contributed by atoms with Crippen molar-refractivity contribution in [3.05, 3.63) is 76.0 Å². The lowest BCUT2D eigenvalue weighted by Crippen LogP contribution is -2.49. The van der Waals surface area contributed by atoms with Crippen molar-refractivity contribution in [2.75, 3.05) is 0 Å². The summed E-state index contributed by atoms with van der Waals surface area (Å²) in [5.74, 6) is 0. The van der Waals surface area contributed by atoms with Gasteiger partial charge in [0, 0.05) is 19.8 Å². The molecule has 2 aliphatic rings. The average molecular weight is 427 g/mol. The highest BCUT2D eigenvalue weighted by Crippen LogP contribution is 2.57. The molecule has 3 aromatic rings. The molecule has 0 N–H and O–H groups in total. The quantitative estimate of drug-likeness (QED) is 0.283. The van der Waals surface area contributed by atoms with Gasteiger partial charge in [0.1, 0.15) is 7.05 Å². The summed E-state index contributed by atoms with van der Waals surface area (Å²) in [5, 5.41) is 0. The maximum absolute atomic E-state index is 9.25. The van der Waals surface area contributed by atoms with E-state index in [1.165, 1.54) is 44.6 Å². The molecule has 0 unspecified atom stereocenters. The van der Waals surface area contributed by atoms with E-state index in [9.17, 15) is 2.74 Å². The topological polar surface area (TPSA) is 3.88 Å². The molecule has 1 nitrogen and oxygen atoms in total. The van der Waals surface area contributed by atoms with Crippen molar-refractivity contribution < 1.29 is 7.31 Å². The predicted molar refractivity (Wildman–Crippen MR) is 135 cm³/mol. The van der Waals surface area contributed by atoms with Crippen molar-refractivity contribution in [2.24, 2.45) is 12.5 Å². The van der Waals surface area contributed by atoms with E-state index >= 15 is 0 Å². The Labute approximate surface area is 197 Å². The van der Waals surface area contributed by atoms with Gasteiger partial charge in [-0.15, -0.1) is 0 Å². The summed E-state index contributed by atoms with van der Waals surface area (Å²) in [5.41, 5.74) is 11.8. The molecule has 32 heavy (non-hydrogen) atoms. The number of nitrogens with zero attached hydrogens (tertiary/aromatic N) is 1. The van der Waals surface area contributed by atoms with Crippen LogP contribution in [0, 0.1) is 12.3 Å². The van der Waals surface area contributed by atoms with Gasteiger partial charge in [0.15, 0.2) is 6.20 Å². The summed E-state index contributed by atoms with van der Waals surface area (Å²) < 4.78 is 20.7. The SMILES string of the molecule is [2H]C([2H])(c1cc[n+](C)c2c1C(C)(C)C(C)(C)c1cc3c(c(C)c1-2)-c1ccccc1C3)C(C)(C)C. The Bertz CT molecular complexity index is 1350.